The average Bonchev–Trinajstić information content (AvgIpc) is 2.75. The molecule has 1 aliphatic heterocycles. The SMILES string of the molecule is CC1(C)OB(c2ccc3c(c2F)C(O)C(F)C3)OC1(C)C. The van der Waals surface area contributed by atoms with Crippen molar-refractivity contribution in [3.63, 3.8) is 0 Å². The van der Waals surface area contributed by atoms with Crippen LogP contribution in [0.4, 0.5) is 8.78 Å². The first kappa shape index (κ1) is 14.9. The van der Waals surface area contributed by atoms with Crippen LogP contribution < -0.4 is 5.46 Å². The zero-order chi connectivity index (χ0) is 15.6. The molecule has 1 fully saturated rings. The van der Waals surface area contributed by atoms with E-state index in [1.807, 2.05) is 27.7 Å². The summed E-state index contributed by atoms with van der Waals surface area (Å²) in [6.07, 6.45) is -2.83. The molecule has 1 aliphatic carbocycles. The predicted molar refractivity (Wildman–Crippen MR) is 75.7 cm³/mol. The van der Waals surface area contributed by atoms with Gasteiger partial charge in [-0.3, -0.25) is 0 Å². The van der Waals surface area contributed by atoms with E-state index >= 15 is 0 Å². The molecule has 0 amide bonds. The third-order valence-electron chi connectivity index (χ3n) is 4.86. The van der Waals surface area contributed by atoms with Crippen LogP contribution in [0.15, 0.2) is 12.1 Å². The maximum atomic E-state index is 14.7. The van der Waals surface area contributed by atoms with Gasteiger partial charge >= 0.3 is 7.12 Å². The number of halogens is 2. The molecular formula is C15H19BF2O3. The van der Waals surface area contributed by atoms with Crippen molar-refractivity contribution in [1.29, 1.82) is 0 Å². The van der Waals surface area contributed by atoms with E-state index in [0.29, 0.717) is 5.56 Å². The molecule has 0 aromatic heterocycles. The van der Waals surface area contributed by atoms with Crippen molar-refractivity contribution in [3.8, 4) is 0 Å². The maximum Gasteiger partial charge on any atom is 0.497 e. The second-order valence-electron chi connectivity index (χ2n) is 6.79. The van der Waals surface area contributed by atoms with Gasteiger partial charge in [-0.25, -0.2) is 8.78 Å². The minimum Gasteiger partial charge on any atom is -0.399 e. The van der Waals surface area contributed by atoms with Crippen LogP contribution in [0.1, 0.15) is 44.9 Å². The monoisotopic (exact) mass is 296 g/mol. The van der Waals surface area contributed by atoms with Gasteiger partial charge < -0.3 is 14.4 Å². The minimum absolute atomic E-state index is 0.0368. The number of rotatable bonds is 1. The van der Waals surface area contributed by atoms with E-state index in [2.05, 4.69) is 0 Å². The average molecular weight is 296 g/mol. The zero-order valence-electron chi connectivity index (χ0n) is 12.6. The van der Waals surface area contributed by atoms with Gasteiger partial charge in [0.05, 0.1) is 11.2 Å². The lowest BCUT2D eigenvalue weighted by molar-refractivity contribution is 0.00578. The number of hydrogen-bond donors (Lipinski definition) is 1. The van der Waals surface area contributed by atoms with E-state index in [4.69, 9.17) is 9.31 Å². The van der Waals surface area contributed by atoms with Crippen molar-refractivity contribution in [3.05, 3.63) is 29.1 Å². The Hall–Kier alpha value is -0.975. The molecule has 1 heterocycles. The molecule has 1 aromatic carbocycles. The Bertz CT molecular complexity index is 573. The number of aliphatic hydroxyl groups excluding tert-OH is 1. The molecule has 114 valence electrons. The maximum absolute atomic E-state index is 14.7. The van der Waals surface area contributed by atoms with Gasteiger partial charge in [0.2, 0.25) is 0 Å². The Morgan fingerprint density at radius 3 is 2.33 bits per heavy atom. The first-order valence-corrected chi connectivity index (χ1v) is 7.13. The molecule has 3 rings (SSSR count). The molecule has 3 nitrogen and oxygen atoms in total. The van der Waals surface area contributed by atoms with Crippen LogP contribution in [0.3, 0.4) is 0 Å². The van der Waals surface area contributed by atoms with Crippen molar-refractivity contribution >= 4 is 12.6 Å². The number of fused-ring (bicyclic) bond motifs is 1. The Morgan fingerprint density at radius 2 is 1.76 bits per heavy atom. The van der Waals surface area contributed by atoms with Gasteiger partial charge in [0.25, 0.3) is 0 Å². The zero-order valence-corrected chi connectivity index (χ0v) is 12.6. The highest BCUT2D eigenvalue weighted by Crippen LogP contribution is 2.38. The molecule has 0 radical (unpaired) electrons. The van der Waals surface area contributed by atoms with E-state index in [-0.39, 0.29) is 17.4 Å². The molecule has 0 bridgehead atoms. The molecule has 1 saturated heterocycles. The number of alkyl halides is 1. The first-order valence-electron chi connectivity index (χ1n) is 7.13. The van der Waals surface area contributed by atoms with Gasteiger partial charge in [-0.1, -0.05) is 12.1 Å². The van der Waals surface area contributed by atoms with Gasteiger partial charge in [0, 0.05) is 17.4 Å². The van der Waals surface area contributed by atoms with Crippen molar-refractivity contribution < 1.29 is 23.2 Å². The van der Waals surface area contributed by atoms with Gasteiger partial charge in [-0.05, 0) is 33.3 Å². The molecule has 2 atom stereocenters. The number of hydrogen-bond acceptors (Lipinski definition) is 3. The van der Waals surface area contributed by atoms with Crippen molar-refractivity contribution in [2.24, 2.45) is 0 Å². The standard InChI is InChI=1S/C15H19BF2O3/c1-14(2)15(3,4)21-16(20-14)9-6-5-8-7-10(17)13(19)11(8)12(9)18/h5-6,10,13,19H,7H2,1-4H3. The van der Waals surface area contributed by atoms with E-state index in [9.17, 15) is 13.9 Å². The van der Waals surface area contributed by atoms with Gasteiger partial charge in [0.1, 0.15) is 18.1 Å². The van der Waals surface area contributed by atoms with Crippen molar-refractivity contribution in [2.45, 2.75) is 57.6 Å². The highest BCUT2D eigenvalue weighted by molar-refractivity contribution is 6.62. The quantitative estimate of drug-likeness (QED) is 0.806. The predicted octanol–water partition coefficient (Wildman–Crippen LogP) is 2.05. The van der Waals surface area contributed by atoms with Crippen LogP contribution in [-0.2, 0) is 15.7 Å². The molecule has 2 aliphatic rings. The van der Waals surface area contributed by atoms with Gasteiger partial charge in [0.15, 0.2) is 0 Å². The Kier molecular flexibility index (Phi) is 3.21. The van der Waals surface area contributed by atoms with E-state index in [1.165, 1.54) is 0 Å². The summed E-state index contributed by atoms with van der Waals surface area (Å²) in [5.74, 6) is -0.626. The normalized spacial score (nSPS) is 29.8. The number of benzene rings is 1. The third kappa shape index (κ3) is 2.12. The fraction of sp³-hybridized carbons (Fsp3) is 0.600. The fourth-order valence-electron chi connectivity index (χ4n) is 2.80. The fourth-order valence-corrected chi connectivity index (χ4v) is 2.80. The summed E-state index contributed by atoms with van der Waals surface area (Å²) in [4.78, 5) is 0. The van der Waals surface area contributed by atoms with Crippen LogP contribution in [0.25, 0.3) is 0 Å². The lowest BCUT2D eigenvalue weighted by atomic mass is 9.77. The Labute approximate surface area is 123 Å². The highest BCUT2D eigenvalue weighted by atomic mass is 19.1. The molecule has 0 saturated carbocycles. The summed E-state index contributed by atoms with van der Waals surface area (Å²) in [7, 11) is -0.855. The van der Waals surface area contributed by atoms with Crippen LogP contribution >= 0.6 is 0 Å². The molecule has 6 heteroatoms. The molecule has 1 N–H and O–H groups in total. The largest absolute Gasteiger partial charge is 0.497 e. The lowest BCUT2D eigenvalue weighted by Gasteiger charge is -2.32. The summed E-state index contributed by atoms with van der Waals surface area (Å²) >= 11 is 0. The lowest BCUT2D eigenvalue weighted by Crippen LogP contribution is -2.41. The molecule has 1 aromatic rings. The summed E-state index contributed by atoms with van der Waals surface area (Å²) in [6.45, 7) is 7.52. The molecule has 2 unspecified atom stereocenters. The number of aliphatic hydroxyl groups is 1. The summed E-state index contributed by atoms with van der Waals surface area (Å²) in [5.41, 5.74) is -0.405. The van der Waals surface area contributed by atoms with Gasteiger partial charge in [-0.15, -0.1) is 0 Å². The second kappa shape index (κ2) is 4.51. The Morgan fingerprint density at radius 1 is 1.19 bits per heavy atom. The van der Waals surface area contributed by atoms with Crippen LogP contribution in [0, 0.1) is 5.82 Å². The summed E-state index contributed by atoms with van der Waals surface area (Å²) in [6, 6.07) is 3.20. The molecular weight excluding hydrogens is 277 g/mol. The third-order valence-corrected chi connectivity index (χ3v) is 4.86. The van der Waals surface area contributed by atoms with Crippen molar-refractivity contribution in [1.82, 2.24) is 0 Å². The summed E-state index contributed by atoms with van der Waals surface area (Å²) < 4.78 is 39.9. The molecule has 0 spiro atoms. The van der Waals surface area contributed by atoms with Gasteiger partial charge in [-0.2, -0.15) is 0 Å². The minimum atomic E-state index is -1.46. The molecule has 21 heavy (non-hydrogen) atoms. The smallest absolute Gasteiger partial charge is 0.399 e. The first-order chi connectivity index (χ1) is 9.64. The summed E-state index contributed by atoms with van der Waals surface area (Å²) in [5, 5.41) is 9.81. The van der Waals surface area contributed by atoms with Crippen LogP contribution in [0.5, 0.6) is 0 Å². The topological polar surface area (TPSA) is 38.7 Å². The second-order valence-corrected chi connectivity index (χ2v) is 6.79. The Balaban J connectivity index is 2.00. The van der Waals surface area contributed by atoms with E-state index in [1.54, 1.807) is 12.1 Å². The van der Waals surface area contributed by atoms with E-state index < -0.39 is 36.4 Å². The van der Waals surface area contributed by atoms with E-state index in [0.717, 1.165) is 0 Å². The highest BCUT2D eigenvalue weighted by Gasteiger charge is 2.53. The van der Waals surface area contributed by atoms with Crippen molar-refractivity contribution in [2.75, 3.05) is 0 Å². The van der Waals surface area contributed by atoms with Crippen LogP contribution in [0.2, 0.25) is 0 Å². The van der Waals surface area contributed by atoms with Crippen LogP contribution in [-0.4, -0.2) is 29.6 Å².